The molecule has 20 heavy (non-hydrogen) atoms. The van der Waals surface area contributed by atoms with E-state index in [0.717, 1.165) is 24.4 Å². The van der Waals surface area contributed by atoms with Crippen LogP contribution in [0.2, 0.25) is 0 Å². The number of thiophene rings is 1. The largest absolute Gasteiger partial charge is 0.396 e. The quantitative estimate of drug-likeness (QED) is 0.917. The Labute approximate surface area is 122 Å². The van der Waals surface area contributed by atoms with Gasteiger partial charge in [-0.25, -0.2) is 0 Å². The minimum Gasteiger partial charge on any atom is -0.396 e. The second-order valence-corrected chi connectivity index (χ2v) is 6.19. The molecule has 2 aromatic rings. The van der Waals surface area contributed by atoms with Crippen LogP contribution in [0, 0.1) is 5.92 Å². The Morgan fingerprint density at radius 2 is 2.45 bits per heavy atom. The van der Waals surface area contributed by atoms with E-state index in [2.05, 4.69) is 15.0 Å². The highest BCUT2D eigenvalue weighted by atomic mass is 32.1. The molecule has 0 bridgehead atoms. The number of aromatic nitrogens is 2. The van der Waals surface area contributed by atoms with Gasteiger partial charge in [0.1, 0.15) is 0 Å². The molecule has 3 rings (SSSR count). The van der Waals surface area contributed by atoms with Crippen LogP contribution in [0.1, 0.15) is 25.2 Å². The Morgan fingerprint density at radius 1 is 1.50 bits per heavy atom. The number of rotatable bonds is 5. The van der Waals surface area contributed by atoms with Crippen LogP contribution >= 0.6 is 11.3 Å². The van der Waals surface area contributed by atoms with Gasteiger partial charge in [-0.15, -0.1) is 11.3 Å². The van der Waals surface area contributed by atoms with E-state index in [0.29, 0.717) is 24.2 Å². The molecule has 1 unspecified atom stereocenters. The van der Waals surface area contributed by atoms with Gasteiger partial charge in [0.05, 0.1) is 11.4 Å². The van der Waals surface area contributed by atoms with Crippen LogP contribution in [0.25, 0.3) is 10.7 Å². The van der Waals surface area contributed by atoms with E-state index < -0.39 is 0 Å². The van der Waals surface area contributed by atoms with Crippen molar-refractivity contribution < 1.29 is 9.63 Å². The highest BCUT2D eigenvalue weighted by Gasteiger charge is 2.21. The Kier molecular flexibility index (Phi) is 4.44. The Morgan fingerprint density at radius 3 is 3.25 bits per heavy atom. The lowest BCUT2D eigenvalue weighted by molar-refractivity contribution is 0.130. The summed E-state index contributed by atoms with van der Waals surface area (Å²) in [7, 11) is 0. The predicted molar refractivity (Wildman–Crippen MR) is 77.3 cm³/mol. The van der Waals surface area contributed by atoms with Crippen molar-refractivity contribution >= 4 is 11.3 Å². The fourth-order valence-electron chi connectivity index (χ4n) is 2.73. The minimum atomic E-state index is 0.279. The smallest absolute Gasteiger partial charge is 0.241 e. The summed E-state index contributed by atoms with van der Waals surface area (Å²) in [6.07, 6.45) is 3.28. The molecule has 1 fully saturated rings. The first-order valence-corrected chi connectivity index (χ1v) is 7.93. The molecular formula is C14H19N3O2S. The van der Waals surface area contributed by atoms with Crippen molar-refractivity contribution in [1.29, 1.82) is 0 Å². The van der Waals surface area contributed by atoms with Crippen molar-refractivity contribution in [2.24, 2.45) is 5.92 Å². The van der Waals surface area contributed by atoms with E-state index in [1.54, 1.807) is 11.3 Å². The van der Waals surface area contributed by atoms with E-state index in [1.165, 1.54) is 12.8 Å². The van der Waals surface area contributed by atoms with Crippen LogP contribution in [0.4, 0.5) is 0 Å². The molecule has 0 amide bonds. The van der Waals surface area contributed by atoms with Crippen LogP contribution in [0.3, 0.4) is 0 Å². The molecule has 1 aliphatic heterocycles. The fourth-order valence-corrected chi connectivity index (χ4v) is 3.38. The van der Waals surface area contributed by atoms with Gasteiger partial charge in [0, 0.05) is 13.2 Å². The number of aliphatic hydroxyl groups is 1. The van der Waals surface area contributed by atoms with Gasteiger partial charge in [-0.1, -0.05) is 11.2 Å². The van der Waals surface area contributed by atoms with Crippen molar-refractivity contribution in [1.82, 2.24) is 15.0 Å². The minimum absolute atomic E-state index is 0.279. The van der Waals surface area contributed by atoms with Crippen LogP contribution in [0.5, 0.6) is 0 Å². The van der Waals surface area contributed by atoms with Gasteiger partial charge >= 0.3 is 0 Å². The molecule has 108 valence electrons. The number of nitrogens with zero attached hydrogens (tertiary/aromatic N) is 3. The van der Waals surface area contributed by atoms with Gasteiger partial charge in [-0.2, -0.15) is 4.98 Å². The fraction of sp³-hybridized carbons (Fsp3) is 0.571. The first-order valence-electron chi connectivity index (χ1n) is 7.05. The maximum atomic E-state index is 9.05. The molecule has 2 aromatic heterocycles. The number of hydrogen-bond donors (Lipinski definition) is 1. The van der Waals surface area contributed by atoms with Gasteiger partial charge in [-0.05, 0) is 43.2 Å². The van der Waals surface area contributed by atoms with Crippen molar-refractivity contribution in [2.75, 3.05) is 19.7 Å². The Balaban J connectivity index is 1.60. The lowest BCUT2D eigenvalue weighted by Crippen LogP contribution is -2.35. The van der Waals surface area contributed by atoms with E-state index in [-0.39, 0.29) is 6.61 Å². The first kappa shape index (κ1) is 13.7. The van der Waals surface area contributed by atoms with E-state index >= 15 is 0 Å². The van der Waals surface area contributed by atoms with Crippen LogP contribution in [0.15, 0.2) is 22.0 Å². The van der Waals surface area contributed by atoms with Gasteiger partial charge in [-0.3, -0.25) is 4.90 Å². The molecule has 0 spiro atoms. The summed E-state index contributed by atoms with van der Waals surface area (Å²) in [6, 6.07) is 3.98. The number of hydrogen-bond acceptors (Lipinski definition) is 6. The molecule has 0 aliphatic carbocycles. The molecule has 5 nitrogen and oxygen atoms in total. The number of likely N-dealkylation sites (tertiary alicyclic amines) is 1. The first-order chi connectivity index (χ1) is 9.85. The molecule has 1 atom stereocenters. The molecule has 1 saturated heterocycles. The molecule has 0 aromatic carbocycles. The van der Waals surface area contributed by atoms with Crippen molar-refractivity contribution in [3.63, 3.8) is 0 Å². The zero-order valence-corrected chi connectivity index (χ0v) is 12.2. The zero-order chi connectivity index (χ0) is 13.8. The highest BCUT2D eigenvalue weighted by Crippen LogP contribution is 2.23. The van der Waals surface area contributed by atoms with Gasteiger partial charge in [0.2, 0.25) is 11.7 Å². The second-order valence-electron chi connectivity index (χ2n) is 5.24. The average Bonchev–Trinajstić information content (AvgIpc) is 3.10. The lowest BCUT2D eigenvalue weighted by Gasteiger charge is -2.31. The molecule has 1 aliphatic rings. The third-order valence-corrected chi connectivity index (χ3v) is 4.57. The molecule has 0 saturated carbocycles. The summed E-state index contributed by atoms with van der Waals surface area (Å²) < 4.78 is 5.34. The van der Waals surface area contributed by atoms with Crippen LogP contribution in [-0.2, 0) is 6.54 Å². The maximum Gasteiger partial charge on any atom is 0.241 e. The average molecular weight is 293 g/mol. The standard InChI is InChI=1S/C14H19N3O2S/c18-7-5-11-3-1-6-17(9-11)10-13-15-14(16-19-13)12-4-2-8-20-12/h2,4,8,11,18H,1,3,5-7,9-10H2. The Bertz CT molecular complexity index is 524. The highest BCUT2D eigenvalue weighted by molar-refractivity contribution is 7.13. The zero-order valence-electron chi connectivity index (χ0n) is 11.4. The molecule has 3 heterocycles. The normalized spacial score (nSPS) is 20.4. The molecular weight excluding hydrogens is 274 g/mol. The van der Waals surface area contributed by atoms with E-state index in [1.807, 2.05) is 17.5 Å². The van der Waals surface area contributed by atoms with E-state index in [9.17, 15) is 0 Å². The molecule has 1 N–H and O–H groups in total. The topological polar surface area (TPSA) is 62.4 Å². The maximum absolute atomic E-state index is 9.05. The van der Waals surface area contributed by atoms with Gasteiger partial charge < -0.3 is 9.63 Å². The summed E-state index contributed by atoms with van der Waals surface area (Å²) in [5, 5.41) is 15.1. The summed E-state index contributed by atoms with van der Waals surface area (Å²) in [6.45, 7) is 3.07. The summed E-state index contributed by atoms with van der Waals surface area (Å²) in [5.41, 5.74) is 0. The van der Waals surface area contributed by atoms with Crippen LogP contribution in [-0.4, -0.2) is 39.8 Å². The molecule has 0 radical (unpaired) electrons. The molecule has 6 heteroatoms. The van der Waals surface area contributed by atoms with Crippen molar-refractivity contribution in [3.05, 3.63) is 23.4 Å². The SMILES string of the molecule is OCCC1CCCN(Cc2nc(-c3cccs3)no2)C1. The van der Waals surface area contributed by atoms with E-state index in [4.69, 9.17) is 9.63 Å². The third kappa shape index (κ3) is 3.26. The predicted octanol–water partition coefficient (Wildman–Crippen LogP) is 2.39. The number of piperidine rings is 1. The Hall–Kier alpha value is -1.24. The number of aliphatic hydroxyl groups excluding tert-OH is 1. The lowest BCUT2D eigenvalue weighted by atomic mass is 9.95. The third-order valence-electron chi connectivity index (χ3n) is 3.71. The summed E-state index contributed by atoms with van der Waals surface area (Å²) in [5.74, 6) is 1.95. The summed E-state index contributed by atoms with van der Waals surface area (Å²) in [4.78, 5) is 7.84. The van der Waals surface area contributed by atoms with Crippen molar-refractivity contribution in [3.8, 4) is 10.7 Å². The van der Waals surface area contributed by atoms with Crippen molar-refractivity contribution in [2.45, 2.75) is 25.8 Å². The monoisotopic (exact) mass is 293 g/mol. The van der Waals surface area contributed by atoms with Gasteiger partial charge in [0.25, 0.3) is 0 Å². The van der Waals surface area contributed by atoms with Crippen LogP contribution < -0.4 is 0 Å². The summed E-state index contributed by atoms with van der Waals surface area (Å²) >= 11 is 1.62. The van der Waals surface area contributed by atoms with Gasteiger partial charge in [0.15, 0.2) is 0 Å². The second kappa shape index (κ2) is 6.47.